The molecule has 1 atom stereocenters. The number of nitrogens with zero attached hydrogens (tertiary/aromatic N) is 1. The fourth-order valence-electron chi connectivity index (χ4n) is 2.58. The highest BCUT2D eigenvalue weighted by molar-refractivity contribution is 7.99. The molecule has 0 saturated carbocycles. The zero-order valence-corrected chi connectivity index (χ0v) is 13.2. The van der Waals surface area contributed by atoms with Crippen LogP contribution in [-0.2, 0) is 6.18 Å². The summed E-state index contributed by atoms with van der Waals surface area (Å²) in [5.74, 6) is -0.417. The number of amides is 1. The molecular weight excluding hydrogens is 342 g/mol. The van der Waals surface area contributed by atoms with Gasteiger partial charge in [-0.25, -0.2) is 4.39 Å². The molecule has 126 valence electrons. The summed E-state index contributed by atoms with van der Waals surface area (Å²) < 4.78 is 51.8. The molecule has 0 radical (unpaired) electrons. The predicted molar refractivity (Wildman–Crippen MR) is 84.1 cm³/mol. The van der Waals surface area contributed by atoms with E-state index < -0.39 is 28.8 Å². The average Bonchev–Trinajstić information content (AvgIpc) is 3.03. The third-order valence-corrected chi connectivity index (χ3v) is 5.04. The molecule has 2 nitrogen and oxygen atoms in total. The third-order valence-electron chi connectivity index (χ3n) is 3.78. The zero-order valence-electron chi connectivity index (χ0n) is 12.4. The van der Waals surface area contributed by atoms with E-state index in [-0.39, 0.29) is 5.56 Å². The lowest BCUT2D eigenvalue weighted by Gasteiger charge is -2.24. The normalized spacial score (nSPS) is 18.0. The molecule has 24 heavy (non-hydrogen) atoms. The number of hydrogen-bond acceptors (Lipinski definition) is 2. The van der Waals surface area contributed by atoms with Gasteiger partial charge in [0.25, 0.3) is 5.91 Å². The molecular formula is C17H13F4NOS. The molecule has 1 aliphatic heterocycles. The van der Waals surface area contributed by atoms with E-state index in [1.54, 1.807) is 6.07 Å². The molecule has 1 heterocycles. The molecule has 0 N–H and O–H groups in total. The second-order valence-corrected chi connectivity index (χ2v) is 6.51. The Morgan fingerprint density at radius 2 is 1.75 bits per heavy atom. The molecule has 1 saturated heterocycles. The average molecular weight is 355 g/mol. The smallest absolute Gasteiger partial charge is 0.322 e. The summed E-state index contributed by atoms with van der Waals surface area (Å²) in [7, 11) is 0. The Labute approximate surface area is 140 Å². The number of thioether (sulfide) groups is 1. The Morgan fingerprint density at radius 1 is 1.08 bits per heavy atom. The molecule has 0 bridgehead atoms. The van der Waals surface area contributed by atoms with Crippen molar-refractivity contribution in [2.45, 2.75) is 11.6 Å². The fraction of sp³-hybridized carbons (Fsp3) is 0.235. The first kappa shape index (κ1) is 16.8. The number of rotatable bonds is 2. The molecule has 3 rings (SSSR count). The summed E-state index contributed by atoms with van der Waals surface area (Å²) in [4.78, 5) is 14.1. The largest absolute Gasteiger partial charge is 0.416 e. The van der Waals surface area contributed by atoms with Crippen LogP contribution in [0.3, 0.4) is 0 Å². The first-order valence-corrected chi connectivity index (χ1v) is 8.27. The number of benzene rings is 2. The van der Waals surface area contributed by atoms with Crippen molar-refractivity contribution in [3.8, 4) is 0 Å². The molecule has 1 amide bonds. The summed E-state index contributed by atoms with van der Waals surface area (Å²) in [5, 5.41) is -0.417. The standard InChI is InChI=1S/C17H13F4NOS/c18-14-4-2-1-3-13(14)15(23)22-9-10-24-16(22)11-5-7-12(8-6-11)17(19,20)21/h1-8,16H,9-10H2/t16-/m0/s1. The van der Waals surface area contributed by atoms with Crippen molar-refractivity contribution in [3.63, 3.8) is 0 Å². The maximum Gasteiger partial charge on any atom is 0.416 e. The predicted octanol–water partition coefficient (Wildman–Crippen LogP) is 4.73. The molecule has 1 fully saturated rings. The highest BCUT2D eigenvalue weighted by Gasteiger charge is 2.34. The Bertz CT molecular complexity index is 745. The van der Waals surface area contributed by atoms with Crippen LogP contribution in [-0.4, -0.2) is 23.1 Å². The number of alkyl halides is 3. The first-order chi connectivity index (χ1) is 11.4. The highest BCUT2D eigenvalue weighted by atomic mass is 32.2. The van der Waals surface area contributed by atoms with E-state index in [0.717, 1.165) is 12.1 Å². The summed E-state index contributed by atoms with van der Waals surface area (Å²) in [6, 6.07) is 10.4. The van der Waals surface area contributed by atoms with Crippen molar-refractivity contribution in [3.05, 3.63) is 71.0 Å². The van der Waals surface area contributed by atoms with Gasteiger partial charge in [-0.15, -0.1) is 11.8 Å². The topological polar surface area (TPSA) is 20.3 Å². The van der Waals surface area contributed by atoms with Crippen molar-refractivity contribution in [2.75, 3.05) is 12.3 Å². The van der Waals surface area contributed by atoms with Crippen LogP contribution in [0.1, 0.15) is 26.9 Å². The van der Waals surface area contributed by atoms with Gasteiger partial charge in [0.15, 0.2) is 0 Å². The second kappa shape index (κ2) is 6.47. The molecule has 0 aliphatic carbocycles. The maximum atomic E-state index is 13.8. The number of halogens is 4. The SMILES string of the molecule is O=C(c1ccccc1F)N1CCS[C@H]1c1ccc(C(F)(F)F)cc1. The van der Waals surface area contributed by atoms with Gasteiger partial charge < -0.3 is 4.90 Å². The second-order valence-electron chi connectivity index (χ2n) is 5.32. The van der Waals surface area contributed by atoms with Gasteiger partial charge in [0.1, 0.15) is 11.2 Å². The van der Waals surface area contributed by atoms with Crippen molar-refractivity contribution in [2.24, 2.45) is 0 Å². The van der Waals surface area contributed by atoms with Crippen LogP contribution < -0.4 is 0 Å². The lowest BCUT2D eigenvalue weighted by Crippen LogP contribution is -2.31. The van der Waals surface area contributed by atoms with Crippen molar-refractivity contribution < 1.29 is 22.4 Å². The van der Waals surface area contributed by atoms with Gasteiger partial charge in [-0.3, -0.25) is 4.79 Å². The Morgan fingerprint density at radius 3 is 2.38 bits per heavy atom. The van der Waals surface area contributed by atoms with Crippen LogP contribution in [0.25, 0.3) is 0 Å². The van der Waals surface area contributed by atoms with Gasteiger partial charge in [0.2, 0.25) is 0 Å². The van der Waals surface area contributed by atoms with Crippen LogP contribution in [0, 0.1) is 5.82 Å². The monoisotopic (exact) mass is 355 g/mol. The third kappa shape index (κ3) is 3.26. The molecule has 7 heteroatoms. The summed E-state index contributed by atoms with van der Waals surface area (Å²) in [6.45, 7) is 0.420. The van der Waals surface area contributed by atoms with E-state index in [1.165, 1.54) is 47.0 Å². The number of carbonyl (C=O) groups excluding carboxylic acids is 1. The fourth-order valence-corrected chi connectivity index (χ4v) is 3.84. The van der Waals surface area contributed by atoms with Crippen molar-refractivity contribution >= 4 is 17.7 Å². The number of carbonyl (C=O) groups is 1. The van der Waals surface area contributed by atoms with E-state index in [2.05, 4.69) is 0 Å². The minimum absolute atomic E-state index is 0.0306. The minimum atomic E-state index is -4.40. The lowest BCUT2D eigenvalue weighted by atomic mass is 10.1. The van der Waals surface area contributed by atoms with E-state index in [4.69, 9.17) is 0 Å². The van der Waals surface area contributed by atoms with Crippen LogP contribution in [0.15, 0.2) is 48.5 Å². The van der Waals surface area contributed by atoms with Gasteiger partial charge in [-0.05, 0) is 29.8 Å². The zero-order chi connectivity index (χ0) is 17.3. The quantitative estimate of drug-likeness (QED) is 0.726. The van der Waals surface area contributed by atoms with E-state index in [9.17, 15) is 22.4 Å². The molecule has 1 aliphatic rings. The van der Waals surface area contributed by atoms with Gasteiger partial charge in [0.05, 0.1) is 11.1 Å². The molecule has 0 unspecified atom stereocenters. The molecule has 0 aromatic heterocycles. The van der Waals surface area contributed by atoms with Gasteiger partial charge in [-0.1, -0.05) is 24.3 Å². The highest BCUT2D eigenvalue weighted by Crippen LogP contribution is 2.40. The molecule has 2 aromatic carbocycles. The van der Waals surface area contributed by atoms with Gasteiger partial charge in [-0.2, -0.15) is 13.2 Å². The Kier molecular flexibility index (Phi) is 4.54. The summed E-state index contributed by atoms with van der Waals surface area (Å²) in [5.41, 5.74) is -0.173. The summed E-state index contributed by atoms with van der Waals surface area (Å²) >= 11 is 1.45. The number of hydrogen-bond donors (Lipinski definition) is 0. The van der Waals surface area contributed by atoms with Gasteiger partial charge >= 0.3 is 6.18 Å². The Hall–Kier alpha value is -2.02. The summed E-state index contributed by atoms with van der Waals surface area (Å²) in [6.07, 6.45) is -4.40. The first-order valence-electron chi connectivity index (χ1n) is 7.22. The van der Waals surface area contributed by atoms with Crippen LogP contribution in [0.2, 0.25) is 0 Å². The molecule has 2 aromatic rings. The van der Waals surface area contributed by atoms with Gasteiger partial charge in [0, 0.05) is 12.3 Å². The van der Waals surface area contributed by atoms with Crippen LogP contribution in [0.4, 0.5) is 17.6 Å². The van der Waals surface area contributed by atoms with Crippen molar-refractivity contribution in [1.29, 1.82) is 0 Å². The maximum absolute atomic E-state index is 13.8. The van der Waals surface area contributed by atoms with E-state index in [1.807, 2.05) is 0 Å². The van der Waals surface area contributed by atoms with Crippen LogP contribution >= 0.6 is 11.8 Å². The molecule has 0 spiro atoms. The lowest BCUT2D eigenvalue weighted by molar-refractivity contribution is -0.137. The Balaban J connectivity index is 1.86. The van der Waals surface area contributed by atoms with E-state index in [0.29, 0.717) is 17.9 Å². The van der Waals surface area contributed by atoms with Crippen molar-refractivity contribution in [1.82, 2.24) is 4.90 Å². The van der Waals surface area contributed by atoms with E-state index >= 15 is 0 Å². The van der Waals surface area contributed by atoms with Crippen LogP contribution in [0.5, 0.6) is 0 Å². The minimum Gasteiger partial charge on any atom is -0.322 e.